The second kappa shape index (κ2) is 8.36. The molecule has 28 heavy (non-hydrogen) atoms. The minimum Gasteiger partial charge on any atom is -0.497 e. The van der Waals surface area contributed by atoms with Gasteiger partial charge in [-0.2, -0.15) is 0 Å². The van der Waals surface area contributed by atoms with Crippen LogP contribution in [-0.4, -0.2) is 48.5 Å². The van der Waals surface area contributed by atoms with Crippen LogP contribution in [0, 0.1) is 6.92 Å². The van der Waals surface area contributed by atoms with E-state index in [4.69, 9.17) is 4.74 Å². The molecule has 2 aliphatic rings. The largest absolute Gasteiger partial charge is 0.497 e. The van der Waals surface area contributed by atoms with E-state index in [0.29, 0.717) is 11.8 Å². The number of benzene rings is 2. The van der Waals surface area contributed by atoms with Crippen LogP contribution in [0.3, 0.4) is 0 Å². The fourth-order valence-corrected chi connectivity index (χ4v) is 4.78. The van der Waals surface area contributed by atoms with Crippen molar-refractivity contribution in [2.45, 2.75) is 44.7 Å². The maximum absolute atomic E-state index is 13.0. The molecule has 1 unspecified atom stereocenters. The molecule has 1 atom stereocenters. The second-order valence-electron chi connectivity index (χ2n) is 8.08. The summed E-state index contributed by atoms with van der Waals surface area (Å²) >= 11 is 0. The number of carbonyl (C=O) groups is 1. The summed E-state index contributed by atoms with van der Waals surface area (Å²) in [4.78, 5) is 17.4. The van der Waals surface area contributed by atoms with Crippen molar-refractivity contribution in [1.82, 2.24) is 9.80 Å². The highest BCUT2D eigenvalue weighted by molar-refractivity contribution is 5.84. The summed E-state index contributed by atoms with van der Waals surface area (Å²) in [7, 11) is 1.71. The molecule has 0 spiro atoms. The van der Waals surface area contributed by atoms with Gasteiger partial charge in [-0.15, -0.1) is 0 Å². The van der Waals surface area contributed by atoms with E-state index in [1.54, 1.807) is 7.11 Å². The van der Waals surface area contributed by atoms with Gasteiger partial charge >= 0.3 is 0 Å². The lowest BCUT2D eigenvalue weighted by molar-refractivity contribution is -0.133. The Labute approximate surface area is 168 Å². The molecule has 0 N–H and O–H groups in total. The lowest BCUT2D eigenvalue weighted by atomic mass is 9.86. The van der Waals surface area contributed by atoms with Crippen LogP contribution in [0.25, 0.3) is 0 Å². The van der Waals surface area contributed by atoms with Crippen molar-refractivity contribution in [3.63, 3.8) is 0 Å². The molecule has 2 saturated heterocycles. The van der Waals surface area contributed by atoms with Crippen molar-refractivity contribution in [2.24, 2.45) is 0 Å². The zero-order chi connectivity index (χ0) is 19.5. The van der Waals surface area contributed by atoms with Crippen LogP contribution in [0.15, 0.2) is 48.5 Å². The van der Waals surface area contributed by atoms with Crippen molar-refractivity contribution >= 4 is 5.91 Å². The zero-order valence-corrected chi connectivity index (χ0v) is 16.9. The molecule has 4 heteroatoms. The fraction of sp³-hybridized carbons (Fsp3) is 0.458. The average Bonchev–Trinajstić information content (AvgIpc) is 3.09. The summed E-state index contributed by atoms with van der Waals surface area (Å²) in [6, 6.07) is 16.8. The lowest BCUT2D eigenvalue weighted by Gasteiger charge is -2.35. The molecule has 0 aromatic heterocycles. The first-order valence-corrected chi connectivity index (χ1v) is 10.4. The Bertz CT molecular complexity index is 813. The molecule has 4 nitrogen and oxygen atoms in total. The van der Waals surface area contributed by atoms with Crippen molar-refractivity contribution in [1.29, 1.82) is 0 Å². The van der Waals surface area contributed by atoms with Gasteiger partial charge in [0, 0.05) is 13.1 Å². The lowest BCUT2D eigenvalue weighted by Crippen LogP contribution is -2.45. The van der Waals surface area contributed by atoms with E-state index < -0.39 is 0 Å². The number of likely N-dealkylation sites (tertiary alicyclic amines) is 2. The molecular formula is C24H30N2O2. The molecule has 2 heterocycles. The Hall–Kier alpha value is -2.33. The standard InChI is InChI=1S/C24H30N2O2/c1-18-16-21(28-2)8-9-22(18)20-10-13-25(14-11-20)23-12-15-26(24(23)27)17-19-6-4-3-5-7-19/h3-9,16,20,23H,10-15,17H2,1-2H3. The number of methoxy groups -OCH3 is 1. The molecule has 148 valence electrons. The zero-order valence-electron chi connectivity index (χ0n) is 16.9. The molecule has 1 amide bonds. The Morgan fingerprint density at radius 3 is 2.43 bits per heavy atom. The summed E-state index contributed by atoms with van der Waals surface area (Å²) in [6.45, 7) is 5.79. The monoisotopic (exact) mass is 378 g/mol. The van der Waals surface area contributed by atoms with Crippen LogP contribution in [0.5, 0.6) is 5.75 Å². The van der Waals surface area contributed by atoms with Crippen LogP contribution in [0.2, 0.25) is 0 Å². The van der Waals surface area contributed by atoms with Gasteiger partial charge in [-0.1, -0.05) is 36.4 Å². The molecule has 2 aromatic rings. The van der Waals surface area contributed by atoms with Gasteiger partial charge in [-0.25, -0.2) is 0 Å². The number of carbonyl (C=O) groups excluding carboxylic acids is 1. The number of piperidine rings is 1. The summed E-state index contributed by atoms with van der Waals surface area (Å²) in [5.41, 5.74) is 3.96. The molecule has 2 aromatic carbocycles. The summed E-state index contributed by atoms with van der Waals surface area (Å²) < 4.78 is 5.34. The Balaban J connectivity index is 1.34. The molecule has 2 aliphatic heterocycles. The highest BCUT2D eigenvalue weighted by Gasteiger charge is 2.37. The quantitative estimate of drug-likeness (QED) is 0.789. The minimum atomic E-state index is 0.0710. The number of hydrogen-bond donors (Lipinski definition) is 0. The van der Waals surface area contributed by atoms with Crippen LogP contribution in [0.1, 0.15) is 41.9 Å². The Morgan fingerprint density at radius 1 is 1.00 bits per heavy atom. The first kappa shape index (κ1) is 19.0. The van der Waals surface area contributed by atoms with Gasteiger partial charge in [0.2, 0.25) is 5.91 Å². The van der Waals surface area contributed by atoms with Crippen LogP contribution in [0.4, 0.5) is 0 Å². The van der Waals surface area contributed by atoms with Crippen molar-refractivity contribution in [3.8, 4) is 5.75 Å². The molecule has 0 radical (unpaired) electrons. The van der Waals surface area contributed by atoms with Gasteiger partial charge in [0.05, 0.1) is 13.2 Å². The van der Waals surface area contributed by atoms with E-state index >= 15 is 0 Å². The number of ether oxygens (including phenoxy) is 1. The molecule has 0 bridgehead atoms. The summed E-state index contributed by atoms with van der Waals surface area (Å²) in [5, 5.41) is 0. The Morgan fingerprint density at radius 2 is 1.75 bits per heavy atom. The molecular weight excluding hydrogens is 348 g/mol. The molecule has 0 saturated carbocycles. The van der Waals surface area contributed by atoms with Gasteiger partial charge < -0.3 is 9.64 Å². The maximum atomic E-state index is 13.0. The second-order valence-corrected chi connectivity index (χ2v) is 8.08. The smallest absolute Gasteiger partial charge is 0.240 e. The number of rotatable bonds is 5. The van der Waals surface area contributed by atoms with E-state index in [9.17, 15) is 4.79 Å². The van der Waals surface area contributed by atoms with Crippen molar-refractivity contribution < 1.29 is 9.53 Å². The van der Waals surface area contributed by atoms with Gasteiger partial charge in [0.1, 0.15) is 5.75 Å². The Kier molecular flexibility index (Phi) is 5.67. The highest BCUT2D eigenvalue weighted by Crippen LogP contribution is 2.33. The van der Waals surface area contributed by atoms with Gasteiger partial charge in [0.15, 0.2) is 0 Å². The number of hydrogen-bond acceptors (Lipinski definition) is 3. The van der Waals surface area contributed by atoms with Crippen LogP contribution < -0.4 is 4.74 Å². The molecule has 0 aliphatic carbocycles. The van der Waals surface area contributed by atoms with Crippen molar-refractivity contribution in [2.75, 3.05) is 26.7 Å². The van der Waals surface area contributed by atoms with Gasteiger partial charge in [-0.3, -0.25) is 9.69 Å². The minimum absolute atomic E-state index is 0.0710. The third-order valence-corrected chi connectivity index (χ3v) is 6.37. The van der Waals surface area contributed by atoms with E-state index in [1.807, 2.05) is 23.1 Å². The summed E-state index contributed by atoms with van der Waals surface area (Å²) in [5.74, 6) is 1.82. The molecule has 2 fully saturated rings. The van der Waals surface area contributed by atoms with E-state index in [1.165, 1.54) is 16.7 Å². The van der Waals surface area contributed by atoms with Gasteiger partial charge in [0.25, 0.3) is 0 Å². The van der Waals surface area contributed by atoms with Crippen LogP contribution >= 0.6 is 0 Å². The van der Waals surface area contributed by atoms with E-state index in [-0.39, 0.29) is 6.04 Å². The van der Waals surface area contributed by atoms with E-state index in [2.05, 4.69) is 42.2 Å². The first-order valence-electron chi connectivity index (χ1n) is 10.4. The van der Waals surface area contributed by atoms with Gasteiger partial charge in [-0.05, 0) is 74.0 Å². The number of nitrogens with zero attached hydrogens (tertiary/aromatic N) is 2. The third kappa shape index (κ3) is 3.93. The predicted molar refractivity (Wildman–Crippen MR) is 112 cm³/mol. The van der Waals surface area contributed by atoms with Crippen LogP contribution in [-0.2, 0) is 11.3 Å². The third-order valence-electron chi connectivity index (χ3n) is 6.37. The fourth-order valence-electron chi connectivity index (χ4n) is 4.78. The highest BCUT2D eigenvalue weighted by atomic mass is 16.5. The number of amides is 1. The topological polar surface area (TPSA) is 32.8 Å². The predicted octanol–water partition coefficient (Wildman–Crippen LogP) is 3.98. The van der Waals surface area contributed by atoms with E-state index in [0.717, 1.165) is 51.2 Å². The van der Waals surface area contributed by atoms with Crippen molar-refractivity contribution in [3.05, 3.63) is 65.2 Å². The normalized spacial score (nSPS) is 21.3. The summed E-state index contributed by atoms with van der Waals surface area (Å²) in [6.07, 6.45) is 3.20. The SMILES string of the molecule is COc1ccc(C2CCN(C3CCN(Cc4ccccc4)C3=O)CC2)c(C)c1. The number of aryl methyl sites for hydroxylation is 1. The average molecular weight is 379 g/mol. The first-order chi connectivity index (χ1) is 13.7. The maximum Gasteiger partial charge on any atom is 0.240 e. The molecule has 4 rings (SSSR count).